The maximum atomic E-state index is 12.0. The van der Waals surface area contributed by atoms with Crippen molar-refractivity contribution in [3.63, 3.8) is 0 Å². The van der Waals surface area contributed by atoms with E-state index in [4.69, 9.17) is 0 Å². The Morgan fingerprint density at radius 3 is 2.25 bits per heavy atom. The van der Waals surface area contributed by atoms with Crippen LogP contribution in [0.4, 0.5) is 16.2 Å². The van der Waals surface area contributed by atoms with Gasteiger partial charge in [0.15, 0.2) is 0 Å². The number of anilines is 2. The number of carbonyl (C=O) groups excluding carboxylic acids is 1. The molecule has 0 spiro atoms. The van der Waals surface area contributed by atoms with Crippen molar-refractivity contribution in [2.45, 2.75) is 13.8 Å². The summed E-state index contributed by atoms with van der Waals surface area (Å²) in [6.45, 7) is 3.95. The van der Waals surface area contributed by atoms with Gasteiger partial charge in [0.1, 0.15) is 0 Å². The largest absolute Gasteiger partial charge is 0.323 e. The fourth-order valence-electron chi connectivity index (χ4n) is 1.76. The molecule has 0 saturated carbocycles. The van der Waals surface area contributed by atoms with Crippen molar-refractivity contribution in [1.29, 1.82) is 0 Å². The minimum absolute atomic E-state index is 0.264. The van der Waals surface area contributed by atoms with Gasteiger partial charge in [-0.3, -0.25) is 0 Å². The lowest BCUT2D eigenvalue weighted by Gasteiger charge is -2.11. The summed E-state index contributed by atoms with van der Waals surface area (Å²) in [6.07, 6.45) is 0. The molecule has 2 aromatic rings. The van der Waals surface area contributed by atoms with E-state index in [1.165, 1.54) is 0 Å². The Morgan fingerprint density at radius 2 is 1.60 bits per heavy atom. The Balaban J connectivity index is 2.09. The van der Waals surface area contributed by atoms with Crippen molar-refractivity contribution in [3.05, 3.63) is 56.5 Å². The Bertz CT molecular complexity index is 601. The van der Waals surface area contributed by atoms with Crippen LogP contribution in [-0.4, -0.2) is 6.03 Å². The van der Waals surface area contributed by atoms with E-state index in [-0.39, 0.29) is 6.03 Å². The quantitative estimate of drug-likeness (QED) is 0.692. The molecule has 0 fully saturated rings. The lowest BCUT2D eigenvalue weighted by Crippen LogP contribution is -2.20. The van der Waals surface area contributed by atoms with Crippen LogP contribution in [0.5, 0.6) is 0 Å². The van der Waals surface area contributed by atoms with Crippen molar-refractivity contribution in [1.82, 2.24) is 0 Å². The highest BCUT2D eigenvalue weighted by molar-refractivity contribution is 9.10. The van der Waals surface area contributed by atoms with Crippen LogP contribution in [0.3, 0.4) is 0 Å². The molecule has 2 aromatic carbocycles. The summed E-state index contributed by atoms with van der Waals surface area (Å²) in [5, 5.41) is 5.66. The Labute approximate surface area is 135 Å². The third-order valence-corrected chi connectivity index (χ3v) is 3.96. The molecule has 0 atom stereocenters. The van der Waals surface area contributed by atoms with Crippen molar-refractivity contribution in [2.75, 3.05) is 10.6 Å². The molecule has 3 nitrogen and oxygen atoms in total. The zero-order valence-corrected chi connectivity index (χ0v) is 14.3. The zero-order chi connectivity index (χ0) is 14.7. The second-order valence-corrected chi connectivity index (χ2v) is 6.29. The molecule has 0 heterocycles. The molecular weight excluding hydrogens is 384 g/mol. The molecule has 104 valence electrons. The van der Waals surface area contributed by atoms with E-state index in [0.717, 1.165) is 31.4 Å². The molecule has 2 amide bonds. The molecule has 2 N–H and O–H groups in total. The fourth-order valence-corrected chi connectivity index (χ4v) is 2.83. The highest BCUT2D eigenvalue weighted by atomic mass is 79.9. The number of hydrogen-bond acceptors (Lipinski definition) is 1. The predicted octanol–water partition coefficient (Wildman–Crippen LogP) is 5.47. The van der Waals surface area contributed by atoms with Gasteiger partial charge in [-0.05, 0) is 71.2 Å². The zero-order valence-electron chi connectivity index (χ0n) is 11.1. The Morgan fingerprint density at radius 1 is 0.950 bits per heavy atom. The van der Waals surface area contributed by atoms with Crippen LogP contribution in [-0.2, 0) is 0 Å². The average molecular weight is 398 g/mol. The minimum atomic E-state index is -0.264. The van der Waals surface area contributed by atoms with Crippen LogP contribution >= 0.6 is 31.9 Å². The normalized spacial score (nSPS) is 10.2. The first-order valence-electron chi connectivity index (χ1n) is 6.06. The molecule has 5 heteroatoms. The van der Waals surface area contributed by atoms with E-state index in [1.807, 2.05) is 50.2 Å². The van der Waals surface area contributed by atoms with Crippen LogP contribution in [0, 0.1) is 13.8 Å². The van der Waals surface area contributed by atoms with Gasteiger partial charge >= 0.3 is 6.03 Å². The molecule has 0 saturated heterocycles. The first-order chi connectivity index (χ1) is 9.45. The first-order valence-corrected chi connectivity index (χ1v) is 7.64. The number of amides is 2. The van der Waals surface area contributed by atoms with Crippen LogP contribution < -0.4 is 10.6 Å². The Kier molecular flexibility index (Phi) is 4.83. The van der Waals surface area contributed by atoms with Crippen LogP contribution in [0.2, 0.25) is 0 Å². The van der Waals surface area contributed by atoms with E-state index < -0.39 is 0 Å². The number of halogens is 2. The summed E-state index contributed by atoms with van der Waals surface area (Å²) < 4.78 is 1.85. The summed E-state index contributed by atoms with van der Waals surface area (Å²) >= 11 is 6.83. The molecule has 0 bridgehead atoms. The van der Waals surface area contributed by atoms with Gasteiger partial charge < -0.3 is 10.6 Å². The van der Waals surface area contributed by atoms with E-state index in [9.17, 15) is 4.79 Å². The molecule has 20 heavy (non-hydrogen) atoms. The minimum Gasteiger partial charge on any atom is -0.307 e. The summed E-state index contributed by atoms with van der Waals surface area (Å²) in [5.41, 5.74) is 3.65. The molecule has 0 aromatic heterocycles. The van der Waals surface area contributed by atoms with Gasteiger partial charge in [-0.25, -0.2) is 4.79 Å². The van der Waals surface area contributed by atoms with E-state index >= 15 is 0 Å². The molecular formula is C15H14Br2N2O. The van der Waals surface area contributed by atoms with Crippen molar-refractivity contribution < 1.29 is 4.79 Å². The predicted molar refractivity (Wildman–Crippen MR) is 90.4 cm³/mol. The van der Waals surface area contributed by atoms with Gasteiger partial charge in [0.05, 0.1) is 5.69 Å². The summed E-state index contributed by atoms with van der Waals surface area (Å²) in [7, 11) is 0. The highest BCUT2D eigenvalue weighted by Gasteiger charge is 2.07. The maximum Gasteiger partial charge on any atom is 0.323 e. The number of benzene rings is 2. The summed E-state index contributed by atoms with van der Waals surface area (Å²) in [4.78, 5) is 12.0. The SMILES string of the molecule is Cc1ccc(NC(=O)Nc2ccc(Br)cc2C)c(Br)c1. The smallest absolute Gasteiger partial charge is 0.307 e. The topological polar surface area (TPSA) is 41.1 Å². The van der Waals surface area contributed by atoms with Crippen molar-refractivity contribution in [3.8, 4) is 0 Å². The van der Waals surface area contributed by atoms with Gasteiger partial charge in [-0.15, -0.1) is 0 Å². The van der Waals surface area contributed by atoms with Crippen LogP contribution in [0.1, 0.15) is 11.1 Å². The maximum absolute atomic E-state index is 12.0. The molecule has 0 aliphatic heterocycles. The lowest BCUT2D eigenvalue weighted by atomic mass is 10.2. The highest BCUT2D eigenvalue weighted by Crippen LogP contribution is 2.24. The molecule has 0 unspecified atom stereocenters. The van der Waals surface area contributed by atoms with Crippen LogP contribution in [0.25, 0.3) is 0 Å². The van der Waals surface area contributed by atoms with Gasteiger partial charge in [0, 0.05) is 14.6 Å². The number of rotatable bonds is 2. The number of aryl methyl sites for hydroxylation is 2. The average Bonchev–Trinajstić information content (AvgIpc) is 2.36. The number of nitrogens with one attached hydrogen (secondary N) is 2. The Hall–Kier alpha value is -1.33. The summed E-state index contributed by atoms with van der Waals surface area (Å²) in [5.74, 6) is 0. The van der Waals surface area contributed by atoms with Crippen LogP contribution in [0.15, 0.2) is 45.3 Å². The number of carbonyl (C=O) groups is 1. The van der Waals surface area contributed by atoms with Gasteiger partial charge in [0.25, 0.3) is 0 Å². The standard InChI is InChI=1S/C15H14Br2N2O/c1-9-3-5-14(12(17)7-9)19-15(20)18-13-6-4-11(16)8-10(13)2/h3-8H,1-2H3,(H2,18,19,20). The van der Waals surface area contributed by atoms with E-state index in [2.05, 4.69) is 42.5 Å². The second-order valence-electron chi connectivity index (χ2n) is 4.52. The fraction of sp³-hybridized carbons (Fsp3) is 0.133. The lowest BCUT2D eigenvalue weighted by molar-refractivity contribution is 0.262. The second kappa shape index (κ2) is 6.41. The number of hydrogen-bond donors (Lipinski definition) is 2. The van der Waals surface area contributed by atoms with Gasteiger partial charge in [-0.1, -0.05) is 22.0 Å². The van der Waals surface area contributed by atoms with Gasteiger partial charge in [-0.2, -0.15) is 0 Å². The molecule has 2 rings (SSSR count). The van der Waals surface area contributed by atoms with Gasteiger partial charge in [0.2, 0.25) is 0 Å². The molecule has 0 aliphatic carbocycles. The number of urea groups is 1. The first kappa shape index (κ1) is 15.1. The molecule has 0 radical (unpaired) electrons. The molecule has 0 aliphatic rings. The van der Waals surface area contributed by atoms with E-state index in [1.54, 1.807) is 0 Å². The third kappa shape index (κ3) is 3.84. The van der Waals surface area contributed by atoms with Crippen molar-refractivity contribution in [2.24, 2.45) is 0 Å². The van der Waals surface area contributed by atoms with Crippen molar-refractivity contribution >= 4 is 49.3 Å². The summed E-state index contributed by atoms with van der Waals surface area (Å²) in [6, 6.07) is 11.2. The van der Waals surface area contributed by atoms with E-state index in [0.29, 0.717) is 0 Å². The third-order valence-electron chi connectivity index (χ3n) is 2.81. The monoisotopic (exact) mass is 396 g/mol.